The lowest BCUT2D eigenvalue weighted by atomic mass is 9.98. The number of hydrogen-bond donors (Lipinski definition) is 2. The van der Waals surface area contributed by atoms with Crippen molar-refractivity contribution in [3.8, 4) is 11.1 Å². The molecule has 0 spiro atoms. The number of nitrogens with zero attached hydrogens (tertiary/aromatic N) is 1. The Morgan fingerprint density at radius 1 is 1.09 bits per heavy atom. The minimum atomic E-state index is -4.81. The smallest absolute Gasteiger partial charge is 0.408 e. The zero-order valence-electron chi connectivity index (χ0n) is 18.5. The molecule has 4 rings (SSSR count). The number of benzene rings is 2. The van der Waals surface area contributed by atoms with E-state index in [1.54, 1.807) is 0 Å². The maximum Gasteiger partial charge on any atom is 0.408 e. The van der Waals surface area contributed by atoms with Crippen molar-refractivity contribution in [2.45, 2.75) is 37.0 Å². The molecule has 1 aliphatic carbocycles. The lowest BCUT2D eigenvalue weighted by Crippen LogP contribution is -2.47. The van der Waals surface area contributed by atoms with Gasteiger partial charge in [-0.25, -0.2) is 9.59 Å². The minimum absolute atomic E-state index is 0.103. The van der Waals surface area contributed by atoms with Crippen molar-refractivity contribution in [1.29, 1.82) is 0 Å². The molecule has 186 valence electrons. The van der Waals surface area contributed by atoms with E-state index in [0.717, 1.165) is 27.2 Å². The lowest BCUT2D eigenvalue weighted by molar-refractivity contribution is -0.158. The van der Waals surface area contributed by atoms with E-state index in [4.69, 9.17) is 9.84 Å². The highest BCUT2D eigenvalue weighted by Crippen LogP contribution is 2.44. The van der Waals surface area contributed by atoms with Crippen LogP contribution in [0.1, 0.15) is 29.9 Å². The summed E-state index contributed by atoms with van der Waals surface area (Å²) < 4.78 is 45.9. The van der Waals surface area contributed by atoms with Crippen molar-refractivity contribution in [3.63, 3.8) is 0 Å². The summed E-state index contributed by atoms with van der Waals surface area (Å²) >= 11 is 1.22. The third-order valence-corrected chi connectivity index (χ3v) is 7.18. The quantitative estimate of drug-likeness (QED) is 0.582. The summed E-state index contributed by atoms with van der Waals surface area (Å²) in [6.45, 7) is -0.144. The molecular weight excluding hydrogens is 485 g/mol. The minimum Gasteiger partial charge on any atom is -0.480 e. The van der Waals surface area contributed by atoms with Crippen molar-refractivity contribution < 1.29 is 37.4 Å². The average Bonchev–Trinajstić information content (AvgIpc) is 3.43. The first-order valence-electron chi connectivity index (χ1n) is 10.9. The Hall–Kier alpha value is -3.21. The van der Waals surface area contributed by atoms with Gasteiger partial charge in [0.2, 0.25) is 5.91 Å². The number of fused-ring (bicyclic) bond motifs is 3. The molecule has 0 saturated carbocycles. The number of ether oxygens (including phenoxy) is 1. The van der Waals surface area contributed by atoms with Gasteiger partial charge in [-0.2, -0.15) is 13.2 Å². The number of aliphatic carboxylic acids is 1. The first kappa shape index (κ1) is 24.9. The summed E-state index contributed by atoms with van der Waals surface area (Å²) in [4.78, 5) is 36.9. The Morgan fingerprint density at radius 2 is 1.69 bits per heavy atom. The number of carbonyl (C=O) groups is 3. The molecule has 0 radical (unpaired) electrons. The Kier molecular flexibility index (Phi) is 7.25. The molecule has 11 heteroatoms. The molecule has 2 aromatic rings. The highest BCUT2D eigenvalue weighted by molar-refractivity contribution is 7.99. The number of carbonyl (C=O) groups excluding carboxylic acids is 2. The molecule has 1 saturated heterocycles. The van der Waals surface area contributed by atoms with Crippen LogP contribution < -0.4 is 5.32 Å². The van der Waals surface area contributed by atoms with Gasteiger partial charge >= 0.3 is 18.2 Å². The second kappa shape index (κ2) is 10.2. The fourth-order valence-corrected chi connectivity index (χ4v) is 5.58. The van der Waals surface area contributed by atoms with E-state index in [1.807, 2.05) is 53.8 Å². The van der Waals surface area contributed by atoms with Crippen molar-refractivity contribution in [3.05, 3.63) is 59.7 Å². The monoisotopic (exact) mass is 508 g/mol. The number of rotatable bonds is 7. The molecule has 35 heavy (non-hydrogen) atoms. The topological polar surface area (TPSA) is 95.9 Å². The number of alkyl carbamates (subject to hydrolysis) is 1. The lowest BCUT2D eigenvalue weighted by Gasteiger charge is -2.24. The summed E-state index contributed by atoms with van der Waals surface area (Å²) in [7, 11) is 0. The molecule has 2 aliphatic rings. The van der Waals surface area contributed by atoms with Gasteiger partial charge in [0.25, 0.3) is 0 Å². The molecule has 1 heterocycles. The van der Waals surface area contributed by atoms with Crippen LogP contribution in [0.5, 0.6) is 0 Å². The van der Waals surface area contributed by atoms with Gasteiger partial charge in [0.05, 0.1) is 5.88 Å². The van der Waals surface area contributed by atoms with E-state index in [9.17, 15) is 27.6 Å². The van der Waals surface area contributed by atoms with E-state index < -0.39 is 49.1 Å². The Labute approximate surface area is 203 Å². The first-order chi connectivity index (χ1) is 16.7. The van der Waals surface area contributed by atoms with Gasteiger partial charge in [-0.1, -0.05) is 48.5 Å². The molecule has 0 aromatic heterocycles. The molecule has 2 aromatic carbocycles. The maximum absolute atomic E-state index is 13.6. The zero-order valence-corrected chi connectivity index (χ0v) is 19.3. The molecule has 1 fully saturated rings. The molecule has 7 nitrogen and oxygen atoms in total. The van der Waals surface area contributed by atoms with Crippen molar-refractivity contribution in [2.24, 2.45) is 0 Å². The normalized spacial score (nSPS) is 18.0. The van der Waals surface area contributed by atoms with E-state index in [1.165, 1.54) is 11.8 Å². The molecule has 2 atom stereocenters. The summed E-state index contributed by atoms with van der Waals surface area (Å²) in [6.07, 6.45) is -7.32. The second-order valence-corrected chi connectivity index (χ2v) is 9.32. The fourth-order valence-electron chi connectivity index (χ4n) is 4.40. The fraction of sp³-hybridized carbons (Fsp3) is 0.375. The molecule has 2 N–H and O–H groups in total. The Bertz CT molecular complexity index is 1080. The number of carboxylic acids is 1. The first-order valence-corrected chi connectivity index (χ1v) is 12.1. The molecule has 0 unspecified atom stereocenters. The van der Waals surface area contributed by atoms with Gasteiger partial charge in [-0.15, -0.1) is 11.8 Å². The van der Waals surface area contributed by atoms with Gasteiger partial charge in [0.1, 0.15) is 18.7 Å². The van der Waals surface area contributed by atoms with Crippen LogP contribution in [-0.2, 0) is 14.3 Å². The third kappa shape index (κ3) is 5.39. The predicted molar refractivity (Wildman–Crippen MR) is 123 cm³/mol. The highest BCUT2D eigenvalue weighted by atomic mass is 32.2. The van der Waals surface area contributed by atoms with Gasteiger partial charge in [-0.3, -0.25) is 4.79 Å². The van der Waals surface area contributed by atoms with Crippen LogP contribution in [0.25, 0.3) is 11.1 Å². The Balaban J connectivity index is 1.37. The van der Waals surface area contributed by atoms with Crippen LogP contribution in [0.4, 0.5) is 18.0 Å². The second-order valence-electron chi connectivity index (χ2n) is 8.32. The Morgan fingerprint density at radius 3 is 2.26 bits per heavy atom. The van der Waals surface area contributed by atoms with Gasteiger partial charge in [0, 0.05) is 18.1 Å². The number of amides is 2. The summed E-state index contributed by atoms with van der Waals surface area (Å²) in [5, 5.41) is 11.0. The summed E-state index contributed by atoms with van der Waals surface area (Å²) in [5.74, 6) is -1.92. The van der Waals surface area contributed by atoms with Crippen LogP contribution in [-0.4, -0.2) is 64.5 Å². The van der Waals surface area contributed by atoms with Crippen LogP contribution in [0.2, 0.25) is 0 Å². The third-order valence-electron chi connectivity index (χ3n) is 6.17. The van der Waals surface area contributed by atoms with E-state index in [0.29, 0.717) is 0 Å². The summed E-state index contributed by atoms with van der Waals surface area (Å²) in [6, 6.07) is 11.8. The SMILES string of the molecule is O=C(N[C@@H](CCC(=O)N1CSC[C@H]1C(=O)O)C(F)(F)F)OCC1c2ccccc2-c2ccccc21. The van der Waals surface area contributed by atoms with Crippen molar-refractivity contribution >= 4 is 29.7 Å². The van der Waals surface area contributed by atoms with Crippen molar-refractivity contribution in [1.82, 2.24) is 10.2 Å². The summed E-state index contributed by atoms with van der Waals surface area (Å²) in [5.41, 5.74) is 3.83. The van der Waals surface area contributed by atoms with E-state index >= 15 is 0 Å². The van der Waals surface area contributed by atoms with Gasteiger partial charge < -0.3 is 20.1 Å². The molecule has 2 amide bonds. The number of carboxylic acid groups (broad SMARTS) is 1. The molecule has 1 aliphatic heterocycles. The van der Waals surface area contributed by atoms with Gasteiger partial charge in [0.15, 0.2) is 0 Å². The molecule has 0 bridgehead atoms. The van der Waals surface area contributed by atoms with E-state index in [2.05, 4.69) is 0 Å². The average molecular weight is 509 g/mol. The number of nitrogens with one attached hydrogen (secondary N) is 1. The van der Waals surface area contributed by atoms with Crippen LogP contribution in [0, 0.1) is 0 Å². The number of alkyl halides is 3. The largest absolute Gasteiger partial charge is 0.480 e. The number of halogens is 3. The van der Waals surface area contributed by atoms with E-state index in [-0.39, 0.29) is 24.2 Å². The predicted octanol–water partition coefficient (Wildman–Crippen LogP) is 4.22. The van der Waals surface area contributed by atoms with Crippen LogP contribution >= 0.6 is 11.8 Å². The van der Waals surface area contributed by atoms with Crippen LogP contribution in [0.3, 0.4) is 0 Å². The standard InChI is InChI=1S/C24H23F3N2O5S/c25-24(26,27)20(9-10-21(30)29-13-35-12-19(29)22(31)32)28-23(33)34-11-18-16-7-3-1-5-14(16)15-6-2-4-8-17(15)18/h1-8,18-20H,9-13H2,(H,28,33)(H,31,32)/t19-,20-/m0/s1. The highest BCUT2D eigenvalue weighted by Gasteiger charge is 2.42. The van der Waals surface area contributed by atoms with Gasteiger partial charge in [-0.05, 0) is 28.7 Å². The number of hydrogen-bond acceptors (Lipinski definition) is 5. The number of thioether (sulfide) groups is 1. The maximum atomic E-state index is 13.6. The van der Waals surface area contributed by atoms with Crippen LogP contribution in [0.15, 0.2) is 48.5 Å². The molecular formula is C24H23F3N2O5S. The van der Waals surface area contributed by atoms with Crippen molar-refractivity contribution in [2.75, 3.05) is 18.2 Å². The zero-order chi connectivity index (χ0) is 25.2.